The summed E-state index contributed by atoms with van der Waals surface area (Å²) >= 11 is 0. The molecule has 0 radical (unpaired) electrons. The van der Waals surface area contributed by atoms with Crippen LogP contribution in [-0.2, 0) is 0 Å². The maximum Gasteiger partial charge on any atom is 0.336 e. The number of rotatable bonds is 5. The second kappa shape index (κ2) is 6.96. The SMILES string of the molecule is CCOc1ccc(/C=C/c2cc(C(=O)O)c3ccccc3n2)cc1. The average molecular weight is 319 g/mol. The number of carboxylic acids is 1. The van der Waals surface area contributed by atoms with Gasteiger partial charge in [-0.25, -0.2) is 9.78 Å². The van der Waals surface area contributed by atoms with Crippen LogP contribution in [-0.4, -0.2) is 22.7 Å². The van der Waals surface area contributed by atoms with Crippen LogP contribution < -0.4 is 4.74 Å². The molecule has 1 aromatic heterocycles. The molecule has 24 heavy (non-hydrogen) atoms. The number of hydrogen-bond acceptors (Lipinski definition) is 3. The molecular weight excluding hydrogens is 302 g/mol. The number of fused-ring (bicyclic) bond motifs is 1. The second-order valence-corrected chi connectivity index (χ2v) is 5.25. The number of hydrogen-bond donors (Lipinski definition) is 1. The lowest BCUT2D eigenvalue weighted by Crippen LogP contribution is -2.00. The van der Waals surface area contributed by atoms with E-state index >= 15 is 0 Å². The van der Waals surface area contributed by atoms with Crippen LogP contribution in [0.4, 0.5) is 0 Å². The van der Waals surface area contributed by atoms with E-state index in [1.54, 1.807) is 12.1 Å². The van der Waals surface area contributed by atoms with E-state index in [2.05, 4.69) is 4.98 Å². The van der Waals surface area contributed by atoms with Crippen LogP contribution in [0.3, 0.4) is 0 Å². The monoisotopic (exact) mass is 319 g/mol. The topological polar surface area (TPSA) is 59.4 Å². The Balaban J connectivity index is 1.93. The molecule has 0 unspecified atom stereocenters. The Kier molecular flexibility index (Phi) is 4.57. The van der Waals surface area contributed by atoms with Crippen LogP contribution in [0.25, 0.3) is 23.1 Å². The molecule has 0 atom stereocenters. The molecule has 1 N–H and O–H groups in total. The number of pyridine rings is 1. The van der Waals surface area contributed by atoms with Gasteiger partial charge in [-0.3, -0.25) is 0 Å². The first kappa shape index (κ1) is 15.7. The maximum atomic E-state index is 11.5. The zero-order chi connectivity index (χ0) is 16.9. The number of carboxylic acid groups (broad SMARTS) is 1. The van der Waals surface area contributed by atoms with E-state index in [1.165, 1.54) is 0 Å². The van der Waals surface area contributed by atoms with Crippen molar-refractivity contribution in [1.29, 1.82) is 0 Å². The van der Waals surface area contributed by atoms with E-state index in [9.17, 15) is 9.90 Å². The maximum absolute atomic E-state index is 11.5. The Labute approximate surface area is 140 Å². The predicted molar refractivity (Wildman–Crippen MR) is 95.2 cm³/mol. The van der Waals surface area contributed by atoms with Gasteiger partial charge in [-0.1, -0.05) is 36.4 Å². The van der Waals surface area contributed by atoms with Crippen molar-refractivity contribution in [1.82, 2.24) is 4.98 Å². The molecule has 0 saturated heterocycles. The van der Waals surface area contributed by atoms with Crippen LogP contribution in [0.2, 0.25) is 0 Å². The average Bonchev–Trinajstić information content (AvgIpc) is 2.60. The molecule has 1 heterocycles. The molecule has 2 aromatic carbocycles. The predicted octanol–water partition coefficient (Wildman–Crippen LogP) is 4.50. The van der Waals surface area contributed by atoms with Gasteiger partial charge >= 0.3 is 5.97 Å². The zero-order valence-corrected chi connectivity index (χ0v) is 13.3. The van der Waals surface area contributed by atoms with Gasteiger partial charge in [0.05, 0.1) is 23.4 Å². The third-order valence-electron chi connectivity index (χ3n) is 3.60. The summed E-state index contributed by atoms with van der Waals surface area (Å²) in [5, 5.41) is 10.0. The lowest BCUT2D eigenvalue weighted by atomic mass is 10.1. The largest absolute Gasteiger partial charge is 0.494 e. The summed E-state index contributed by atoms with van der Waals surface area (Å²) in [5.74, 6) is -0.129. The first-order valence-electron chi connectivity index (χ1n) is 7.71. The lowest BCUT2D eigenvalue weighted by Gasteiger charge is -2.04. The molecule has 0 aliphatic carbocycles. The molecule has 3 rings (SSSR count). The summed E-state index contributed by atoms with van der Waals surface area (Å²) in [7, 11) is 0. The molecular formula is C20H17NO3. The van der Waals surface area contributed by atoms with Gasteiger partial charge in [0.25, 0.3) is 0 Å². The van der Waals surface area contributed by atoms with Crippen molar-refractivity contribution in [3.8, 4) is 5.75 Å². The molecule has 0 fully saturated rings. The van der Waals surface area contributed by atoms with Gasteiger partial charge in [0.15, 0.2) is 0 Å². The molecule has 3 aromatic rings. The Bertz CT molecular complexity index is 898. The molecule has 4 heteroatoms. The third kappa shape index (κ3) is 3.43. The van der Waals surface area contributed by atoms with Crippen LogP contribution in [0, 0.1) is 0 Å². The normalized spacial score (nSPS) is 11.0. The van der Waals surface area contributed by atoms with Crippen LogP contribution in [0.15, 0.2) is 54.6 Å². The lowest BCUT2D eigenvalue weighted by molar-refractivity contribution is 0.0699. The number of para-hydroxylation sites is 1. The van der Waals surface area contributed by atoms with Gasteiger partial charge in [0.1, 0.15) is 5.75 Å². The Morgan fingerprint density at radius 2 is 1.88 bits per heavy atom. The van der Waals surface area contributed by atoms with E-state index < -0.39 is 5.97 Å². The van der Waals surface area contributed by atoms with Gasteiger partial charge in [0, 0.05) is 5.39 Å². The van der Waals surface area contributed by atoms with Gasteiger partial charge in [-0.15, -0.1) is 0 Å². The Morgan fingerprint density at radius 1 is 1.12 bits per heavy atom. The summed E-state index contributed by atoms with van der Waals surface area (Å²) in [4.78, 5) is 16.0. The highest BCUT2D eigenvalue weighted by molar-refractivity contribution is 6.03. The number of carbonyl (C=O) groups is 1. The fourth-order valence-electron chi connectivity index (χ4n) is 2.48. The molecule has 4 nitrogen and oxygen atoms in total. The van der Waals surface area contributed by atoms with E-state index in [0.29, 0.717) is 23.2 Å². The quantitative estimate of drug-likeness (QED) is 0.752. The van der Waals surface area contributed by atoms with Crippen molar-refractivity contribution in [3.63, 3.8) is 0 Å². The minimum absolute atomic E-state index is 0.256. The highest BCUT2D eigenvalue weighted by Crippen LogP contribution is 2.20. The fourth-order valence-corrected chi connectivity index (χ4v) is 2.48. The molecule has 0 bridgehead atoms. The Hall–Kier alpha value is -3.14. The second-order valence-electron chi connectivity index (χ2n) is 5.25. The minimum Gasteiger partial charge on any atom is -0.494 e. The number of aromatic carboxylic acids is 1. The molecule has 0 spiro atoms. The van der Waals surface area contributed by atoms with Crippen LogP contribution >= 0.6 is 0 Å². The summed E-state index contributed by atoms with van der Waals surface area (Å²) in [6.45, 7) is 2.58. The smallest absolute Gasteiger partial charge is 0.336 e. The summed E-state index contributed by atoms with van der Waals surface area (Å²) in [5.41, 5.74) is 2.53. The zero-order valence-electron chi connectivity index (χ0n) is 13.3. The third-order valence-corrected chi connectivity index (χ3v) is 3.60. The molecule has 0 saturated carbocycles. The number of ether oxygens (including phenoxy) is 1. The molecule has 120 valence electrons. The summed E-state index contributed by atoms with van der Waals surface area (Å²) in [6.07, 6.45) is 3.72. The first-order chi connectivity index (χ1) is 11.7. The standard InChI is InChI=1S/C20H17NO3/c1-2-24-16-11-8-14(9-12-16)7-10-15-13-18(20(22)23)17-5-3-4-6-19(17)21-15/h3-13H,2H2,1H3,(H,22,23)/b10-7+. The number of nitrogens with zero attached hydrogens (tertiary/aromatic N) is 1. The van der Waals surface area contributed by atoms with E-state index in [0.717, 1.165) is 11.3 Å². The first-order valence-corrected chi connectivity index (χ1v) is 7.71. The molecule has 0 aliphatic rings. The van der Waals surface area contributed by atoms with Crippen molar-refractivity contribution in [3.05, 3.63) is 71.4 Å². The van der Waals surface area contributed by atoms with Crippen molar-refractivity contribution in [2.45, 2.75) is 6.92 Å². The summed E-state index contributed by atoms with van der Waals surface area (Å²) in [6, 6.07) is 16.5. The minimum atomic E-state index is -0.954. The number of aromatic nitrogens is 1. The van der Waals surface area contributed by atoms with E-state index in [1.807, 2.05) is 61.5 Å². The van der Waals surface area contributed by atoms with Crippen molar-refractivity contribution >= 4 is 29.0 Å². The van der Waals surface area contributed by atoms with E-state index in [-0.39, 0.29) is 5.56 Å². The summed E-state index contributed by atoms with van der Waals surface area (Å²) < 4.78 is 5.41. The molecule has 0 aliphatic heterocycles. The van der Waals surface area contributed by atoms with Gasteiger partial charge in [-0.05, 0) is 42.8 Å². The van der Waals surface area contributed by atoms with E-state index in [4.69, 9.17) is 4.74 Å². The van der Waals surface area contributed by atoms with Crippen LogP contribution in [0.5, 0.6) is 5.75 Å². The highest BCUT2D eigenvalue weighted by Gasteiger charge is 2.10. The van der Waals surface area contributed by atoms with Gasteiger partial charge in [0.2, 0.25) is 0 Å². The van der Waals surface area contributed by atoms with Gasteiger partial charge < -0.3 is 9.84 Å². The molecule has 0 amide bonds. The Morgan fingerprint density at radius 3 is 2.58 bits per heavy atom. The number of benzene rings is 2. The highest BCUT2D eigenvalue weighted by atomic mass is 16.5. The van der Waals surface area contributed by atoms with Crippen LogP contribution in [0.1, 0.15) is 28.5 Å². The van der Waals surface area contributed by atoms with Crippen molar-refractivity contribution < 1.29 is 14.6 Å². The van der Waals surface area contributed by atoms with Crippen molar-refractivity contribution in [2.75, 3.05) is 6.61 Å². The van der Waals surface area contributed by atoms with Gasteiger partial charge in [-0.2, -0.15) is 0 Å². The fraction of sp³-hybridized carbons (Fsp3) is 0.100. The van der Waals surface area contributed by atoms with Crippen molar-refractivity contribution in [2.24, 2.45) is 0 Å².